The van der Waals surface area contributed by atoms with Crippen LogP contribution in [-0.2, 0) is 0 Å². The molecule has 0 aliphatic carbocycles. The quantitative estimate of drug-likeness (QED) is 0.808. The molecular weight excluding hydrogens is 226 g/mol. The van der Waals surface area contributed by atoms with Gasteiger partial charge in [-0.1, -0.05) is 13.8 Å². The number of rotatable bonds is 7. The highest BCUT2D eigenvalue weighted by atomic mass is 16.2. The van der Waals surface area contributed by atoms with E-state index in [4.69, 9.17) is 0 Å². The third kappa shape index (κ3) is 3.72. The van der Waals surface area contributed by atoms with Crippen LogP contribution >= 0.6 is 0 Å². The molecule has 0 radical (unpaired) electrons. The predicted molar refractivity (Wildman–Crippen MR) is 74.9 cm³/mol. The molecule has 0 saturated carbocycles. The molecule has 1 rings (SSSR count). The first kappa shape index (κ1) is 14.5. The summed E-state index contributed by atoms with van der Waals surface area (Å²) in [4.78, 5) is 18.3. The number of carbonyl (C=O) groups excluding carboxylic acids is 1. The van der Waals surface area contributed by atoms with Crippen molar-refractivity contribution in [3.8, 4) is 0 Å². The minimum Gasteiger partial charge on any atom is -0.384 e. The number of hydrogen-bond donors (Lipinski definition) is 1. The number of nitrogens with zero attached hydrogens (tertiary/aromatic N) is 2. The fourth-order valence-electron chi connectivity index (χ4n) is 1.82. The van der Waals surface area contributed by atoms with Gasteiger partial charge in [-0.25, -0.2) is 0 Å². The largest absolute Gasteiger partial charge is 0.384 e. The Morgan fingerprint density at radius 2 is 2.11 bits per heavy atom. The normalized spacial score (nSPS) is 10.2. The van der Waals surface area contributed by atoms with Crippen molar-refractivity contribution in [1.29, 1.82) is 0 Å². The van der Waals surface area contributed by atoms with Gasteiger partial charge in [0, 0.05) is 32.0 Å². The molecule has 0 aliphatic rings. The van der Waals surface area contributed by atoms with Crippen molar-refractivity contribution in [2.75, 3.05) is 25.0 Å². The van der Waals surface area contributed by atoms with Crippen LogP contribution in [0.4, 0.5) is 5.69 Å². The summed E-state index contributed by atoms with van der Waals surface area (Å²) >= 11 is 0. The van der Waals surface area contributed by atoms with Crippen molar-refractivity contribution >= 4 is 11.6 Å². The smallest absolute Gasteiger partial charge is 0.257 e. The average molecular weight is 249 g/mol. The molecular formula is C14H23N3O. The Morgan fingerprint density at radius 3 is 2.72 bits per heavy atom. The third-order valence-electron chi connectivity index (χ3n) is 2.78. The van der Waals surface area contributed by atoms with Gasteiger partial charge in [0.05, 0.1) is 11.3 Å². The summed E-state index contributed by atoms with van der Waals surface area (Å²) in [6.07, 6.45) is 5.36. The van der Waals surface area contributed by atoms with Crippen LogP contribution in [0, 0.1) is 0 Å². The van der Waals surface area contributed by atoms with E-state index in [1.54, 1.807) is 12.4 Å². The summed E-state index contributed by atoms with van der Waals surface area (Å²) in [5, 5.41) is 3.28. The van der Waals surface area contributed by atoms with Gasteiger partial charge in [0.25, 0.3) is 5.91 Å². The summed E-state index contributed by atoms with van der Waals surface area (Å²) in [6, 6.07) is 1.86. The van der Waals surface area contributed by atoms with E-state index >= 15 is 0 Å². The van der Waals surface area contributed by atoms with Crippen LogP contribution < -0.4 is 5.32 Å². The van der Waals surface area contributed by atoms with Crippen molar-refractivity contribution in [3.63, 3.8) is 0 Å². The summed E-state index contributed by atoms with van der Waals surface area (Å²) in [6.45, 7) is 8.57. The molecule has 18 heavy (non-hydrogen) atoms. The zero-order valence-electron chi connectivity index (χ0n) is 11.6. The van der Waals surface area contributed by atoms with Crippen LogP contribution in [-0.4, -0.2) is 35.4 Å². The lowest BCUT2D eigenvalue weighted by atomic mass is 10.2. The Bertz CT molecular complexity index is 379. The molecule has 1 heterocycles. The van der Waals surface area contributed by atoms with Crippen LogP contribution in [0.25, 0.3) is 0 Å². The van der Waals surface area contributed by atoms with Gasteiger partial charge in [-0.15, -0.1) is 0 Å². The highest BCUT2D eigenvalue weighted by Crippen LogP contribution is 2.16. The molecule has 1 aromatic rings. The molecule has 0 aromatic carbocycles. The fraction of sp³-hybridized carbons (Fsp3) is 0.571. The van der Waals surface area contributed by atoms with E-state index in [2.05, 4.69) is 24.1 Å². The summed E-state index contributed by atoms with van der Waals surface area (Å²) < 4.78 is 0. The van der Waals surface area contributed by atoms with Crippen LogP contribution in [0.1, 0.15) is 44.0 Å². The van der Waals surface area contributed by atoms with Crippen LogP contribution in [0.15, 0.2) is 18.5 Å². The van der Waals surface area contributed by atoms with Gasteiger partial charge < -0.3 is 10.2 Å². The van der Waals surface area contributed by atoms with E-state index in [1.165, 1.54) is 0 Å². The topological polar surface area (TPSA) is 45.2 Å². The van der Waals surface area contributed by atoms with Gasteiger partial charge in [0.1, 0.15) is 0 Å². The van der Waals surface area contributed by atoms with Crippen LogP contribution in [0.3, 0.4) is 0 Å². The molecule has 0 bridgehead atoms. The molecule has 1 N–H and O–H groups in total. The highest BCUT2D eigenvalue weighted by Gasteiger charge is 2.16. The fourth-order valence-corrected chi connectivity index (χ4v) is 1.82. The molecule has 0 atom stereocenters. The zero-order valence-corrected chi connectivity index (χ0v) is 11.6. The van der Waals surface area contributed by atoms with Crippen LogP contribution in [0.5, 0.6) is 0 Å². The Balaban J connectivity index is 2.89. The van der Waals surface area contributed by atoms with Crippen molar-refractivity contribution in [1.82, 2.24) is 9.88 Å². The van der Waals surface area contributed by atoms with Gasteiger partial charge in [-0.3, -0.25) is 9.78 Å². The maximum Gasteiger partial charge on any atom is 0.257 e. The van der Waals surface area contributed by atoms with E-state index in [9.17, 15) is 4.79 Å². The highest BCUT2D eigenvalue weighted by molar-refractivity contribution is 5.99. The number of hydrogen-bond acceptors (Lipinski definition) is 3. The molecule has 4 nitrogen and oxygen atoms in total. The van der Waals surface area contributed by atoms with Gasteiger partial charge in [-0.05, 0) is 25.8 Å². The summed E-state index contributed by atoms with van der Waals surface area (Å²) in [7, 11) is 0. The van der Waals surface area contributed by atoms with Gasteiger partial charge >= 0.3 is 0 Å². The molecule has 0 spiro atoms. The standard InChI is InChI=1S/C14H23N3O/c1-4-8-16-13-7-9-15-11-12(13)14(18)17(6-3)10-5-2/h7,9,11H,4-6,8,10H2,1-3H3,(H,15,16). The van der Waals surface area contributed by atoms with Crippen molar-refractivity contribution in [2.45, 2.75) is 33.6 Å². The second kappa shape index (κ2) is 7.69. The van der Waals surface area contributed by atoms with E-state index in [0.29, 0.717) is 5.56 Å². The van der Waals surface area contributed by atoms with Gasteiger partial charge in [0.15, 0.2) is 0 Å². The monoisotopic (exact) mass is 249 g/mol. The zero-order chi connectivity index (χ0) is 13.4. The number of pyridine rings is 1. The molecule has 100 valence electrons. The van der Waals surface area contributed by atoms with Gasteiger partial charge in [-0.2, -0.15) is 0 Å². The first-order valence-corrected chi connectivity index (χ1v) is 6.71. The number of aromatic nitrogens is 1. The predicted octanol–water partition coefficient (Wildman–Crippen LogP) is 2.78. The van der Waals surface area contributed by atoms with E-state index in [-0.39, 0.29) is 5.91 Å². The Labute approximate surface area is 109 Å². The molecule has 1 amide bonds. The number of nitrogens with one attached hydrogen (secondary N) is 1. The molecule has 4 heteroatoms. The lowest BCUT2D eigenvalue weighted by molar-refractivity contribution is 0.0765. The summed E-state index contributed by atoms with van der Waals surface area (Å²) in [5.74, 6) is 0.0612. The first-order chi connectivity index (χ1) is 8.74. The first-order valence-electron chi connectivity index (χ1n) is 6.71. The Kier molecular flexibility index (Phi) is 6.19. The maximum absolute atomic E-state index is 12.4. The number of anilines is 1. The minimum absolute atomic E-state index is 0.0612. The Morgan fingerprint density at radius 1 is 1.33 bits per heavy atom. The average Bonchev–Trinajstić information content (AvgIpc) is 2.42. The van der Waals surface area contributed by atoms with Crippen molar-refractivity contribution in [2.24, 2.45) is 0 Å². The number of carbonyl (C=O) groups is 1. The maximum atomic E-state index is 12.4. The van der Waals surface area contributed by atoms with Crippen LogP contribution in [0.2, 0.25) is 0 Å². The van der Waals surface area contributed by atoms with Gasteiger partial charge in [0.2, 0.25) is 0 Å². The summed E-state index contributed by atoms with van der Waals surface area (Å²) in [5.41, 5.74) is 1.55. The molecule has 0 fully saturated rings. The van der Waals surface area contributed by atoms with E-state index in [1.807, 2.05) is 17.9 Å². The lowest BCUT2D eigenvalue weighted by Gasteiger charge is -2.21. The second-order valence-corrected chi connectivity index (χ2v) is 4.23. The number of amides is 1. The Hall–Kier alpha value is -1.58. The molecule has 0 aliphatic heterocycles. The van der Waals surface area contributed by atoms with E-state index < -0.39 is 0 Å². The molecule has 0 unspecified atom stereocenters. The van der Waals surface area contributed by atoms with Crippen molar-refractivity contribution in [3.05, 3.63) is 24.0 Å². The van der Waals surface area contributed by atoms with Crippen molar-refractivity contribution < 1.29 is 4.79 Å². The van der Waals surface area contributed by atoms with E-state index in [0.717, 1.165) is 38.2 Å². The minimum atomic E-state index is 0.0612. The molecule has 1 aromatic heterocycles. The lowest BCUT2D eigenvalue weighted by Crippen LogP contribution is -2.32. The SMILES string of the molecule is CCCNc1ccncc1C(=O)N(CC)CCC. The molecule has 0 saturated heterocycles. The second-order valence-electron chi connectivity index (χ2n) is 4.23. The third-order valence-corrected chi connectivity index (χ3v) is 2.78.